The van der Waals surface area contributed by atoms with Crippen molar-refractivity contribution in [2.45, 2.75) is 58.8 Å². The monoisotopic (exact) mass is 304 g/mol. The zero-order chi connectivity index (χ0) is 16.4. The summed E-state index contributed by atoms with van der Waals surface area (Å²) in [7, 11) is 0. The summed E-state index contributed by atoms with van der Waals surface area (Å²) in [6.45, 7) is 9.18. The molecule has 3 rings (SSSR count). The molecule has 120 valence electrons. The van der Waals surface area contributed by atoms with E-state index in [1.165, 1.54) is 47.1 Å². The molecule has 0 nitrogen and oxygen atoms in total. The van der Waals surface area contributed by atoms with Gasteiger partial charge in [0.1, 0.15) is 0 Å². The van der Waals surface area contributed by atoms with Crippen LogP contribution in [-0.4, -0.2) is 0 Å². The van der Waals surface area contributed by atoms with Crippen molar-refractivity contribution < 1.29 is 0 Å². The van der Waals surface area contributed by atoms with Gasteiger partial charge in [-0.15, -0.1) is 0 Å². The van der Waals surface area contributed by atoms with Gasteiger partial charge in [0, 0.05) is 0 Å². The molecule has 2 aromatic rings. The van der Waals surface area contributed by atoms with Crippen molar-refractivity contribution in [2.24, 2.45) is 0 Å². The van der Waals surface area contributed by atoms with Crippen LogP contribution in [0.3, 0.4) is 0 Å². The van der Waals surface area contributed by atoms with Crippen LogP contribution in [0.1, 0.15) is 63.6 Å². The van der Waals surface area contributed by atoms with E-state index in [0.717, 1.165) is 6.42 Å². The highest BCUT2D eigenvalue weighted by molar-refractivity contribution is 5.82. The Morgan fingerprint density at radius 3 is 2.39 bits per heavy atom. The lowest BCUT2D eigenvalue weighted by Gasteiger charge is -2.24. The van der Waals surface area contributed by atoms with Gasteiger partial charge in [0.15, 0.2) is 0 Å². The highest BCUT2D eigenvalue weighted by atomic mass is 14.3. The second kappa shape index (κ2) is 6.35. The molecule has 1 aliphatic rings. The van der Waals surface area contributed by atoms with Crippen LogP contribution in [0.2, 0.25) is 0 Å². The number of allylic oxidation sites excluding steroid dienone is 1. The van der Waals surface area contributed by atoms with Crippen LogP contribution < -0.4 is 0 Å². The van der Waals surface area contributed by atoms with Crippen molar-refractivity contribution in [3.05, 3.63) is 64.7 Å². The van der Waals surface area contributed by atoms with E-state index in [0.29, 0.717) is 0 Å². The van der Waals surface area contributed by atoms with E-state index in [2.05, 4.69) is 76.2 Å². The number of hydrogen-bond acceptors (Lipinski definition) is 0. The molecular weight excluding hydrogens is 276 g/mol. The predicted molar refractivity (Wildman–Crippen MR) is 102 cm³/mol. The van der Waals surface area contributed by atoms with Gasteiger partial charge in [-0.1, -0.05) is 88.2 Å². The Labute approximate surface area is 141 Å². The molecule has 0 bridgehead atoms. The Balaban J connectivity index is 2.08. The quantitative estimate of drug-likeness (QED) is 0.584. The molecule has 1 aliphatic carbocycles. The van der Waals surface area contributed by atoms with Gasteiger partial charge in [-0.05, 0) is 52.5 Å². The summed E-state index contributed by atoms with van der Waals surface area (Å²) in [6, 6.07) is 15.7. The molecule has 0 heterocycles. The highest BCUT2D eigenvalue weighted by Crippen LogP contribution is 2.39. The van der Waals surface area contributed by atoms with E-state index in [1.54, 1.807) is 5.57 Å². The van der Waals surface area contributed by atoms with Gasteiger partial charge in [-0.3, -0.25) is 0 Å². The Hall–Kier alpha value is -1.82. The maximum Gasteiger partial charge on any atom is -0.00576 e. The summed E-state index contributed by atoms with van der Waals surface area (Å²) in [4.78, 5) is 0. The van der Waals surface area contributed by atoms with Crippen LogP contribution in [0.5, 0.6) is 0 Å². The fourth-order valence-electron chi connectivity index (χ4n) is 3.61. The van der Waals surface area contributed by atoms with Crippen LogP contribution >= 0.6 is 0 Å². The molecule has 0 fully saturated rings. The van der Waals surface area contributed by atoms with E-state index < -0.39 is 0 Å². The van der Waals surface area contributed by atoms with Crippen molar-refractivity contribution in [3.8, 4) is 11.1 Å². The summed E-state index contributed by atoms with van der Waals surface area (Å²) in [5, 5.41) is 0. The van der Waals surface area contributed by atoms with Gasteiger partial charge in [0.25, 0.3) is 0 Å². The number of benzene rings is 2. The topological polar surface area (TPSA) is 0 Å². The molecule has 0 saturated carbocycles. The second-order valence-corrected chi connectivity index (χ2v) is 7.76. The average molecular weight is 304 g/mol. The predicted octanol–water partition coefficient (Wildman–Crippen LogP) is 6.78. The van der Waals surface area contributed by atoms with Gasteiger partial charge in [-0.2, -0.15) is 0 Å². The minimum Gasteiger partial charge on any atom is -0.0654 e. The van der Waals surface area contributed by atoms with E-state index in [-0.39, 0.29) is 5.41 Å². The molecule has 0 aromatic heterocycles. The third-order valence-corrected chi connectivity index (χ3v) is 4.84. The molecule has 0 radical (unpaired) electrons. The van der Waals surface area contributed by atoms with Crippen molar-refractivity contribution in [1.82, 2.24) is 0 Å². The summed E-state index contributed by atoms with van der Waals surface area (Å²) in [6.07, 6.45) is 7.41. The lowest BCUT2D eigenvalue weighted by Crippen LogP contribution is -2.12. The zero-order valence-corrected chi connectivity index (χ0v) is 14.9. The summed E-state index contributed by atoms with van der Waals surface area (Å²) < 4.78 is 0. The molecular formula is C23H28. The van der Waals surface area contributed by atoms with Crippen LogP contribution in [0.15, 0.2) is 48.0 Å². The smallest absolute Gasteiger partial charge is 0.00576 e. The van der Waals surface area contributed by atoms with Gasteiger partial charge < -0.3 is 0 Å². The molecule has 0 amide bonds. The number of unbranched alkanes of at least 4 members (excludes halogenated alkanes) is 1. The van der Waals surface area contributed by atoms with Crippen LogP contribution in [0, 0.1) is 0 Å². The first-order valence-corrected chi connectivity index (χ1v) is 8.92. The van der Waals surface area contributed by atoms with Crippen molar-refractivity contribution in [1.29, 1.82) is 0 Å². The van der Waals surface area contributed by atoms with Gasteiger partial charge >= 0.3 is 0 Å². The standard InChI is InChI=1S/C23H28/c1-5-6-10-17-15-18-11-9-13-19(21(18)16-17)20-12-7-8-14-22(20)23(2,3)4/h7-9,11-14,16H,5-6,10,15H2,1-4H3. The lowest BCUT2D eigenvalue weighted by molar-refractivity contribution is 0.592. The molecule has 0 unspecified atom stereocenters. The molecule has 0 spiro atoms. The summed E-state index contributed by atoms with van der Waals surface area (Å²) in [5.74, 6) is 0. The largest absolute Gasteiger partial charge is 0.0654 e. The summed E-state index contributed by atoms with van der Waals surface area (Å²) >= 11 is 0. The lowest BCUT2D eigenvalue weighted by atomic mass is 9.81. The maximum atomic E-state index is 2.46. The number of rotatable bonds is 4. The van der Waals surface area contributed by atoms with E-state index in [9.17, 15) is 0 Å². The van der Waals surface area contributed by atoms with Crippen LogP contribution in [0.25, 0.3) is 17.2 Å². The SMILES string of the molecule is CCCCC1=Cc2c(cccc2-c2ccccc2C(C)(C)C)C1. The van der Waals surface area contributed by atoms with E-state index in [4.69, 9.17) is 0 Å². The molecule has 2 aromatic carbocycles. The fraction of sp³-hybridized carbons (Fsp3) is 0.391. The zero-order valence-electron chi connectivity index (χ0n) is 14.9. The van der Waals surface area contributed by atoms with Gasteiger partial charge in [0.05, 0.1) is 0 Å². The summed E-state index contributed by atoms with van der Waals surface area (Å²) in [5.41, 5.74) is 8.94. The van der Waals surface area contributed by atoms with Crippen molar-refractivity contribution in [3.63, 3.8) is 0 Å². The van der Waals surface area contributed by atoms with Gasteiger partial charge in [0.2, 0.25) is 0 Å². The van der Waals surface area contributed by atoms with Gasteiger partial charge in [-0.25, -0.2) is 0 Å². The Morgan fingerprint density at radius 1 is 0.913 bits per heavy atom. The Bertz CT molecular complexity index is 726. The third kappa shape index (κ3) is 3.27. The third-order valence-electron chi connectivity index (χ3n) is 4.84. The highest BCUT2D eigenvalue weighted by Gasteiger charge is 2.22. The van der Waals surface area contributed by atoms with Crippen LogP contribution in [-0.2, 0) is 11.8 Å². The Kier molecular flexibility index (Phi) is 4.43. The second-order valence-electron chi connectivity index (χ2n) is 7.76. The fourth-order valence-corrected chi connectivity index (χ4v) is 3.61. The average Bonchev–Trinajstić information content (AvgIpc) is 2.95. The maximum absolute atomic E-state index is 2.46. The van der Waals surface area contributed by atoms with Crippen molar-refractivity contribution >= 4 is 6.08 Å². The number of hydrogen-bond donors (Lipinski definition) is 0. The first-order chi connectivity index (χ1) is 11.0. The molecule has 0 heteroatoms. The molecule has 23 heavy (non-hydrogen) atoms. The molecule has 0 N–H and O–H groups in total. The molecule has 0 atom stereocenters. The minimum atomic E-state index is 0.159. The first kappa shape index (κ1) is 16.1. The Morgan fingerprint density at radius 2 is 1.65 bits per heavy atom. The van der Waals surface area contributed by atoms with E-state index >= 15 is 0 Å². The molecule has 0 aliphatic heterocycles. The van der Waals surface area contributed by atoms with Crippen LogP contribution in [0.4, 0.5) is 0 Å². The normalized spacial score (nSPS) is 13.8. The first-order valence-electron chi connectivity index (χ1n) is 8.92. The van der Waals surface area contributed by atoms with Crippen molar-refractivity contribution in [2.75, 3.05) is 0 Å². The number of fused-ring (bicyclic) bond motifs is 1. The molecule has 0 saturated heterocycles. The van der Waals surface area contributed by atoms with E-state index in [1.807, 2.05) is 0 Å². The minimum absolute atomic E-state index is 0.159.